The van der Waals surface area contributed by atoms with Gasteiger partial charge in [0.25, 0.3) is 0 Å². The van der Waals surface area contributed by atoms with Crippen molar-refractivity contribution >= 4 is 11.3 Å². The van der Waals surface area contributed by atoms with E-state index >= 15 is 0 Å². The minimum atomic E-state index is 0.620. The van der Waals surface area contributed by atoms with Crippen molar-refractivity contribution in [3.05, 3.63) is 34.7 Å². The Morgan fingerprint density at radius 3 is 2.90 bits per heavy atom. The van der Waals surface area contributed by atoms with Gasteiger partial charge in [0.1, 0.15) is 5.75 Å². The Hall–Kier alpha value is -1.39. The molecule has 0 saturated carbocycles. The fourth-order valence-corrected chi connectivity index (χ4v) is 3.45. The summed E-state index contributed by atoms with van der Waals surface area (Å²) in [6.07, 6.45) is 3.63. The highest BCUT2D eigenvalue weighted by Crippen LogP contribution is 2.25. The van der Waals surface area contributed by atoms with E-state index in [1.54, 1.807) is 11.3 Å². The van der Waals surface area contributed by atoms with Gasteiger partial charge >= 0.3 is 0 Å². The average molecular weight is 288 g/mol. The number of hydrogen-bond acceptors (Lipinski definition) is 4. The van der Waals surface area contributed by atoms with Crippen LogP contribution in [0.15, 0.2) is 29.6 Å². The molecule has 2 aromatic rings. The van der Waals surface area contributed by atoms with Crippen molar-refractivity contribution in [2.75, 3.05) is 13.2 Å². The lowest BCUT2D eigenvalue weighted by molar-refractivity contribution is 0.340. The highest BCUT2D eigenvalue weighted by atomic mass is 32.1. The van der Waals surface area contributed by atoms with Crippen molar-refractivity contribution in [3.63, 3.8) is 0 Å². The van der Waals surface area contributed by atoms with Crippen LogP contribution in [-0.4, -0.2) is 24.2 Å². The summed E-state index contributed by atoms with van der Waals surface area (Å²) in [4.78, 5) is 4.76. The van der Waals surface area contributed by atoms with E-state index in [9.17, 15) is 0 Å². The lowest BCUT2D eigenvalue weighted by Gasteiger charge is -2.06. The van der Waals surface area contributed by atoms with Crippen molar-refractivity contribution in [1.29, 1.82) is 0 Å². The summed E-state index contributed by atoms with van der Waals surface area (Å²) in [5.41, 5.74) is 2.24. The Morgan fingerprint density at radius 2 is 2.20 bits per heavy atom. The van der Waals surface area contributed by atoms with Gasteiger partial charge < -0.3 is 10.1 Å². The van der Waals surface area contributed by atoms with Crippen LogP contribution in [0.4, 0.5) is 0 Å². The summed E-state index contributed by atoms with van der Waals surface area (Å²) in [5.74, 6) is 0.918. The van der Waals surface area contributed by atoms with Crippen LogP contribution in [0.3, 0.4) is 0 Å². The Morgan fingerprint density at radius 1 is 1.35 bits per heavy atom. The van der Waals surface area contributed by atoms with E-state index in [1.165, 1.54) is 17.8 Å². The van der Waals surface area contributed by atoms with Gasteiger partial charge in [-0.1, -0.05) is 0 Å². The second kappa shape index (κ2) is 6.37. The average Bonchev–Trinajstić information content (AvgIpc) is 3.12. The Bertz CT molecular complexity index is 544. The van der Waals surface area contributed by atoms with Crippen LogP contribution in [0, 0.1) is 0 Å². The summed E-state index contributed by atoms with van der Waals surface area (Å²) >= 11 is 1.76. The van der Waals surface area contributed by atoms with Crippen molar-refractivity contribution < 1.29 is 4.74 Å². The second-order valence-electron chi connectivity index (χ2n) is 5.08. The molecule has 1 N–H and O–H groups in total. The first-order valence-corrected chi connectivity index (χ1v) is 8.14. The number of aromatic nitrogens is 1. The Kier molecular flexibility index (Phi) is 4.33. The molecule has 0 spiro atoms. The van der Waals surface area contributed by atoms with Crippen molar-refractivity contribution in [3.8, 4) is 17.0 Å². The number of ether oxygens (including phenoxy) is 1. The van der Waals surface area contributed by atoms with Gasteiger partial charge in [0.15, 0.2) is 0 Å². The third-order valence-corrected chi connectivity index (χ3v) is 4.47. The van der Waals surface area contributed by atoms with Gasteiger partial charge in [0.05, 0.1) is 17.3 Å². The molecule has 1 aliphatic rings. The standard InChI is InChI=1S/C16H20N2OS/c1-2-19-14-7-5-12(6-8-14)15-11-20-16(18-15)10-13-4-3-9-17-13/h5-8,11,13,17H,2-4,9-10H2,1H3. The van der Waals surface area contributed by atoms with Gasteiger partial charge in [0.2, 0.25) is 0 Å². The first-order chi connectivity index (χ1) is 9.85. The summed E-state index contributed by atoms with van der Waals surface area (Å²) in [6.45, 7) is 3.86. The molecular weight excluding hydrogens is 268 g/mol. The molecule has 4 heteroatoms. The third-order valence-electron chi connectivity index (χ3n) is 3.60. The van der Waals surface area contributed by atoms with Crippen LogP contribution >= 0.6 is 11.3 Å². The molecule has 2 heterocycles. The van der Waals surface area contributed by atoms with Gasteiger partial charge in [-0.15, -0.1) is 11.3 Å². The summed E-state index contributed by atoms with van der Waals surface area (Å²) in [5, 5.41) is 6.91. The van der Waals surface area contributed by atoms with Gasteiger partial charge in [-0.2, -0.15) is 0 Å². The highest BCUT2D eigenvalue weighted by molar-refractivity contribution is 7.09. The van der Waals surface area contributed by atoms with Gasteiger partial charge in [-0.3, -0.25) is 0 Å². The van der Waals surface area contributed by atoms with E-state index in [2.05, 4.69) is 22.8 Å². The number of rotatable bonds is 5. The van der Waals surface area contributed by atoms with Gasteiger partial charge in [-0.25, -0.2) is 4.98 Å². The zero-order valence-electron chi connectivity index (χ0n) is 11.8. The fourth-order valence-electron chi connectivity index (χ4n) is 2.57. The monoisotopic (exact) mass is 288 g/mol. The predicted octanol–water partition coefficient (Wildman–Crippen LogP) is 3.50. The zero-order valence-corrected chi connectivity index (χ0v) is 12.6. The number of nitrogens with zero attached hydrogens (tertiary/aromatic N) is 1. The van der Waals surface area contributed by atoms with Crippen LogP contribution in [0.2, 0.25) is 0 Å². The fraction of sp³-hybridized carbons (Fsp3) is 0.438. The molecule has 1 saturated heterocycles. The van der Waals surface area contributed by atoms with E-state index in [0.29, 0.717) is 12.6 Å². The van der Waals surface area contributed by atoms with Crippen LogP contribution in [0.5, 0.6) is 5.75 Å². The van der Waals surface area contributed by atoms with Gasteiger partial charge in [0, 0.05) is 23.4 Å². The molecule has 1 atom stereocenters. The lowest BCUT2D eigenvalue weighted by Crippen LogP contribution is -2.23. The molecule has 1 aliphatic heterocycles. The maximum Gasteiger partial charge on any atom is 0.119 e. The number of nitrogens with one attached hydrogen (secondary N) is 1. The normalized spacial score (nSPS) is 18.4. The number of hydrogen-bond donors (Lipinski definition) is 1. The van der Waals surface area contributed by atoms with Crippen molar-refractivity contribution in [1.82, 2.24) is 10.3 Å². The molecule has 3 nitrogen and oxygen atoms in total. The van der Waals surface area contributed by atoms with Gasteiger partial charge in [-0.05, 0) is 50.6 Å². The van der Waals surface area contributed by atoms with Crippen LogP contribution in [0.1, 0.15) is 24.8 Å². The molecular formula is C16H20N2OS. The Labute approximate surface area is 124 Å². The lowest BCUT2D eigenvalue weighted by atomic mass is 10.1. The predicted molar refractivity (Wildman–Crippen MR) is 83.4 cm³/mol. The first kappa shape index (κ1) is 13.6. The summed E-state index contributed by atoms with van der Waals surface area (Å²) < 4.78 is 5.46. The maximum absolute atomic E-state index is 5.46. The van der Waals surface area contributed by atoms with E-state index in [4.69, 9.17) is 9.72 Å². The van der Waals surface area contributed by atoms with E-state index in [1.807, 2.05) is 19.1 Å². The van der Waals surface area contributed by atoms with Crippen LogP contribution in [-0.2, 0) is 6.42 Å². The molecule has 0 radical (unpaired) electrons. The minimum absolute atomic E-state index is 0.620. The maximum atomic E-state index is 5.46. The highest BCUT2D eigenvalue weighted by Gasteiger charge is 2.16. The molecule has 0 bridgehead atoms. The second-order valence-corrected chi connectivity index (χ2v) is 6.02. The van der Waals surface area contributed by atoms with Crippen molar-refractivity contribution in [2.45, 2.75) is 32.2 Å². The van der Waals surface area contributed by atoms with E-state index < -0.39 is 0 Å². The minimum Gasteiger partial charge on any atom is -0.494 e. The SMILES string of the molecule is CCOc1ccc(-c2csc(CC3CCCN3)n2)cc1. The molecule has 106 valence electrons. The smallest absolute Gasteiger partial charge is 0.119 e. The quantitative estimate of drug-likeness (QED) is 0.914. The molecule has 0 aliphatic carbocycles. The first-order valence-electron chi connectivity index (χ1n) is 7.26. The van der Waals surface area contributed by atoms with E-state index in [-0.39, 0.29) is 0 Å². The molecule has 0 amide bonds. The van der Waals surface area contributed by atoms with Crippen LogP contribution in [0.25, 0.3) is 11.3 Å². The summed E-state index contributed by atoms with van der Waals surface area (Å²) in [6, 6.07) is 8.80. The molecule has 1 aromatic carbocycles. The number of thiazole rings is 1. The molecule has 3 rings (SSSR count). The topological polar surface area (TPSA) is 34.1 Å². The number of benzene rings is 1. The zero-order chi connectivity index (χ0) is 13.8. The van der Waals surface area contributed by atoms with Crippen LogP contribution < -0.4 is 10.1 Å². The van der Waals surface area contributed by atoms with E-state index in [0.717, 1.165) is 30.0 Å². The molecule has 20 heavy (non-hydrogen) atoms. The van der Waals surface area contributed by atoms with Crippen molar-refractivity contribution in [2.24, 2.45) is 0 Å². The largest absolute Gasteiger partial charge is 0.494 e. The molecule has 1 fully saturated rings. The molecule has 1 aromatic heterocycles. The third kappa shape index (κ3) is 3.19. The Balaban J connectivity index is 1.68. The summed E-state index contributed by atoms with van der Waals surface area (Å²) in [7, 11) is 0. The molecule has 1 unspecified atom stereocenters.